The van der Waals surface area contributed by atoms with Crippen LogP contribution in [0.5, 0.6) is 0 Å². The van der Waals surface area contributed by atoms with E-state index in [1.165, 1.54) is 5.56 Å². The van der Waals surface area contributed by atoms with Gasteiger partial charge in [-0.25, -0.2) is 4.79 Å². The molecular weight excluding hydrogens is 200 g/mol. The molecule has 1 aliphatic carbocycles. The van der Waals surface area contributed by atoms with Crippen LogP contribution in [0.2, 0.25) is 0 Å². The van der Waals surface area contributed by atoms with E-state index in [2.05, 4.69) is 25.1 Å². The van der Waals surface area contributed by atoms with Crippen molar-refractivity contribution in [2.45, 2.75) is 31.6 Å². The predicted molar refractivity (Wildman–Crippen MR) is 62.6 cm³/mol. The minimum atomic E-state index is -0.916. The van der Waals surface area contributed by atoms with Crippen molar-refractivity contribution >= 4 is 5.97 Å². The third kappa shape index (κ3) is 2.01. The summed E-state index contributed by atoms with van der Waals surface area (Å²) in [6, 6.07) is 8.21. The third-order valence-electron chi connectivity index (χ3n) is 3.34. The van der Waals surface area contributed by atoms with Crippen molar-refractivity contribution in [2.24, 2.45) is 0 Å². The molecule has 2 nitrogen and oxygen atoms in total. The van der Waals surface area contributed by atoms with Crippen LogP contribution in [0, 0.1) is 6.07 Å². The maximum atomic E-state index is 10.7. The second-order valence-corrected chi connectivity index (χ2v) is 4.57. The first kappa shape index (κ1) is 10.9. The van der Waals surface area contributed by atoms with Gasteiger partial charge in [-0.2, -0.15) is 0 Å². The smallest absolute Gasteiger partial charge is 0.336 e. The van der Waals surface area contributed by atoms with Gasteiger partial charge in [-0.1, -0.05) is 25.1 Å². The largest absolute Gasteiger partial charge is 0.478 e. The lowest BCUT2D eigenvalue weighted by Crippen LogP contribution is -2.22. The van der Waals surface area contributed by atoms with E-state index in [0.29, 0.717) is 0 Å². The van der Waals surface area contributed by atoms with Gasteiger partial charge in [0.15, 0.2) is 0 Å². The maximum absolute atomic E-state index is 10.7. The molecule has 0 saturated carbocycles. The van der Waals surface area contributed by atoms with Crippen LogP contribution < -0.4 is 0 Å². The Labute approximate surface area is 95.6 Å². The van der Waals surface area contributed by atoms with Crippen LogP contribution in [0.25, 0.3) is 0 Å². The van der Waals surface area contributed by atoms with E-state index in [4.69, 9.17) is 5.11 Å². The van der Waals surface area contributed by atoms with E-state index in [-0.39, 0.29) is 11.0 Å². The molecule has 83 valence electrons. The lowest BCUT2D eigenvalue weighted by molar-refractivity contribution is 0.0696. The molecule has 1 unspecified atom stereocenters. The molecule has 2 heteroatoms. The third-order valence-corrected chi connectivity index (χ3v) is 3.34. The van der Waals surface area contributed by atoms with E-state index < -0.39 is 5.97 Å². The molecule has 1 N–H and O–H groups in total. The van der Waals surface area contributed by atoms with Gasteiger partial charge in [0.2, 0.25) is 0 Å². The number of hydrogen-bond acceptors (Lipinski definition) is 1. The number of carboxylic acid groups (broad SMARTS) is 1. The first-order valence-electron chi connectivity index (χ1n) is 5.52. The van der Waals surface area contributed by atoms with Crippen molar-refractivity contribution < 1.29 is 9.90 Å². The van der Waals surface area contributed by atoms with Gasteiger partial charge >= 0.3 is 5.97 Å². The molecule has 16 heavy (non-hydrogen) atoms. The van der Waals surface area contributed by atoms with Crippen LogP contribution >= 0.6 is 0 Å². The van der Waals surface area contributed by atoms with Crippen LogP contribution in [0.3, 0.4) is 0 Å². The Bertz CT molecular complexity index is 417. The zero-order valence-corrected chi connectivity index (χ0v) is 9.36. The van der Waals surface area contributed by atoms with Gasteiger partial charge in [-0.05, 0) is 48.4 Å². The molecule has 1 aromatic carbocycles. The summed E-state index contributed by atoms with van der Waals surface area (Å²) in [6.07, 6.45) is 7.64. The highest BCUT2D eigenvalue weighted by molar-refractivity contribution is 5.87. The first-order chi connectivity index (χ1) is 7.62. The average molecular weight is 215 g/mol. The van der Waals surface area contributed by atoms with Crippen molar-refractivity contribution in [1.82, 2.24) is 0 Å². The first-order valence-corrected chi connectivity index (χ1v) is 5.52. The normalized spacial score (nSPS) is 24.3. The Hall–Kier alpha value is -1.57. The van der Waals surface area contributed by atoms with Gasteiger partial charge in [0, 0.05) is 0 Å². The van der Waals surface area contributed by atoms with E-state index in [1.54, 1.807) is 6.07 Å². The molecule has 0 aliphatic heterocycles. The molecule has 0 spiro atoms. The molecule has 1 aromatic rings. The molecule has 1 aliphatic rings. The van der Waals surface area contributed by atoms with Gasteiger partial charge in [0.05, 0.1) is 5.56 Å². The van der Waals surface area contributed by atoms with Gasteiger partial charge < -0.3 is 5.11 Å². The Morgan fingerprint density at radius 3 is 2.75 bits per heavy atom. The molecule has 1 radical (unpaired) electrons. The molecule has 0 bridgehead atoms. The lowest BCUT2D eigenvalue weighted by atomic mass is 9.73. The number of carboxylic acids is 1. The molecule has 0 saturated heterocycles. The van der Waals surface area contributed by atoms with Gasteiger partial charge in [-0.3, -0.25) is 0 Å². The number of rotatable bonds is 2. The number of benzene rings is 1. The quantitative estimate of drug-likeness (QED) is 0.769. The number of allylic oxidation sites excluding steroid dienone is 2. The Morgan fingerprint density at radius 1 is 1.44 bits per heavy atom. The highest BCUT2D eigenvalue weighted by Crippen LogP contribution is 2.35. The Balaban J connectivity index is 2.27. The lowest BCUT2D eigenvalue weighted by Gasteiger charge is -2.31. The molecule has 1 atom stereocenters. The zero-order chi connectivity index (χ0) is 11.6. The van der Waals surface area contributed by atoms with E-state index in [1.807, 2.05) is 12.1 Å². The van der Waals surface area contributed by atoms with Crippen LogP contribution in [0.15, 0.2) is 30.4 Å². The van der Waals surface area contributed by atoms with Crippen LogP contribution in [0.1, 0.15) is 42.1 Å². The topological polar surface area (TPSA) is 37.3 Å². The van der Waals surface area contributed by atoms with Gasteiger partial charge in [-0.15, -0.1) is 0 Å². The SMILES string of the molecule is CC1(c2c[c]c(C(=O)O)cc2)CC=CCC1. The fraction of sp³-hybridized carbons (Fsp3) is 0.357. The predicted octanol–water partition coefficient (Wildman–Crippen LogP) is 3.18. The summed E-state index contributed by atoms with van der Waals surface area (Å²) < 4.78 is 0. The van der Waals surface area contributed by atoms with Crippen molar-refractivity contribution in [1.29, 1.82) is 0 Å². The summed E-state index contributed by atoms with van der Waals surface area (Å²) in [6.45, 7) is 2.22. The highest BCUT2D eigenvalue weighted by Gasteiger charge is 2.26. The number of aromatic carboxylic acids is 1. The summed E-state index contributed by atoms with van der Waals surface area (Å²) in [5.41, 5.74) is 1.56. The van der Waals surface area contributed by atoms with Crippen LogP contribution in [-0.2, 0) is 5.41 Å². The van der Waals surface area contributed by atoms with Crippen LogP contribution in [-0.4, -0.2) is 11.1 Å². The average Bonchev–Trinajstić information content (AvgIpc) is 2.30. The summed E-state index contributed by atoms with van der Waals surface area (Å²) in [5.74, 6) is -0.916. The monoisotopic (exact) mass is 215 g/mol. The zero-order valence-electron chi connectivity index (χ0n) is 9.36. The summed E-state index contributed by atoms with van der Waals surface area (Å²) in [5, 5.41) is 8.81. The van der Waals surface area contributed by atoms with E-state index in [0.717, 1.165) is 19.3 Å². The standard InChI is InChI=1S/C14H15O2/c1-14(9-3-2-4-10-14)12-7-5-11(6-8-12)13(15)16/h2-3,5,7-8H,4,9-10H2,1H3,(H,15,16). The molecule has 2 rings (SSSR count). The summed E-state index contributed by atoms with van der Waals surface area (Å²) in [7, 11) is 0. The summed E-state index contributed by atoms with van der Waals surface area (Å²) >= 11 is 0. The number of carbonyl (C=O) groups is 1. The Kier molecular flexibility index (Phi) is 2.82. The maximum Gasteiger partial charge on any atom is 0.336 e. The molecule has 0 heterocycles. The van der Waals surface area contributed by atoms with Gasteiger partial charge in [0.1, 0.15) is 0 Å². The molecular formula is C14H15O2. The van der Waals surface area contributed by atoms with E-state index >= 15 is 0 Å². The van der Waals surface area contributed by atoms with Crippen molar-refractivity contribution in [3.8, 4) is 0 Å². The minimum absolute atomic E-state index is 0.141. The summed E-state index contributed by atoms with van der Waals surface area (Å²) in [4.78, 5) is 10.7. The highest BCUT2D eigenvalue weighted by atomic mass is 16.4. The molecule has 0 amide bonds. The number of hydrogen-bond donors (Lipinski definition) is 1. The van der Waals surface area contributed by atoms with Crippen molar-refractivity contribution in [2.75, 3.05) is 0 Å². The second kappa shape index (κ2) is 4.12. The fourth-order valence-electron chi connectivity index (χ4n) is 2.16. The minimum Gasteiger partial charge on any atom is -0.478 e. The van der Waals surface area contributed by atoms with Crippen LogP contribution in [0.4, 0.5) is 0 Å². The van der Waals surface area contributed by atoms with E-state index in [9.17, 15) is 4.79 Å². The van der Waals surface area contributed by atoms with Crippen molar-refractivity contribution in [3.05, 3.63) is 47.5 Å². The van der Waals surface area contributed by atoms with Gasteiger partial charge in [0.25, 0.3) is 0 Å². The Morgan fingerprint density at radius 2 is 2.25 bits per heavy atom. The second-order valence-electron chi connectivity index (χ2n) is 4.57. The molecule has 0 fully saturated rings. The fourth-order valence-corrected chi connectivity index (χ4v) is 2.16. The van der Waals surface area contributed by atoms with Crippen molar-refractivity contribution in [3.63, 3.8) is 0 Å². The molecule has 0 aromatic heterocycles.